The van der Waals surface area contributed by atoms with E-state index in [1.807, 2.05) is 55.5 Å². The Labute approximate surface area is 201 Å². The van der Waals surface area contributed by atoms with Crippen LogP contribution in [0.1, 0.15) is 32.1 Å². The Hall–Kier alpha value is -4.02. The van der Waals surface area contributed by atoms with Crippen LogP contribution in [0, 0.1) is 18.3 Å². The molecule has 0 spiro atoms. The molecule has 0 fully saturated rings. The van der Waals surface area contributed by atoms with Crippen LogP contribution in [-0.4, -0.2) is 34.3 Å². The lowest BCUT2D eigenvalue weighted by Gasteiger charge is -2.35. The molecule has 168 valence electrons. The molecule has 0 saturated carbocycles. The molecule has 1 aliphatic rings. The van der Waals surface area contributed by atoms with Gasteiger partial charge in [0.25, 0.3) is 5.91 Å². The van der Waals surface area contributed by atoms with Gasteiger partial charge in [-0.15, -0.1) is 11.3 Å². The van der Waals surface area contributed by atoms with Gasteiger partial charge in [0.05, 0.1) is 26.9 Å². The van der Waals surface area contributed by atoms with E-state index in [9.17, 15) is 14.9 Å². The Morgan fingerprint density at radius 2 is 2.00 bits per heavy atom. The number of amides is 2. The Kier molecular flexibility index (Phi) is 5.83. The number of rotatable bonds is 5. The molecule has 0 radical (unpaired) electrons. The fraction of sp³-hybridized carbons (Fsp3) is 0.185. The number of benzene rings is 3. The van der Waals surface area contributed by atoms with Crippen LogP contribution < -0.4 is 5.32 Å². The molecule has 1 aliphatic heterocycles. The third-order valence-corrected chi connectivity index (χ3v) is 6.99. The maximum absolute atomic E-state index is 13.6. The second-order valence-electron chi connectivity index (χ2n) is 8.34. The van der Waals surface area contributed by atoms with Crippen LogP contribution in [0.25, 0.3) is 10.2 Å². The van der Waals surface area contributed by atoms with Crippen LogP contribution in [0.5, 0.6) is 0 Å². The average molecular weight is 467 g/mol. The van der Waals surface area contributed by atoms with Crippen LogP contribution in [0.15, 0.2) is 66.7 Å². The number of carbonyl (C=O) groups is 2. The molecule has 2 amide bonds. The Morgan fingerprint density at radius 3 is 2.79 bits per heavy atom. The minimum Gasteiger partial charge on any atom is -0.326 e. The Bertz CT molecular complexity index is 1440. The number of carbonyl (C=O) groups excluding carboxylic acids is 2. The number of hydrogen-bond acceptors (Lipinski definition) is 5. The summed E-state index contributed by atoms with van der Waals surface area (Å²) in [5.74, 6) is -0.412. The molecule has 2 heterocycles. The second-order valence-corrected chi connectivity index (χ2v) is 9.58. The summed E-state index contributed by atoms with van der Waals surface area (Å²) in [5, 5.41) is 13.2. The van der Waals surface area contributed by atoms with E-state index in [-0.39, 0.29) is 11.8 Å². The summed E-state index contributed by atoms with van der Waals surface area (Å²) >= 11 is 1.58. The van der Waals surface area contributed by atoms with Gasteiger partial charge in [0.2, 0.25) is 5.91 Å². The van der Waals surface area contributed by atoms with Crippen molar-refractivity contribution in [2.75, 3.05) is 11.9 Å². The summed E-state index contributed by atoms with van der Waals surface area (Å²) in [6.45, 7) is 2.37. The highest BCUT2D eigenvalue weighted by Gasteiger charge is 2.34. The number of aromatic nitrogens is 1. The van der Waals surface area contributed by atoms with Crippen molar-refractivity contribution < 1.29 is 9.59 Å². The van der Waals surface area contributed by atoms with E-state index in [1.54, 1.807) is 34.4 Å². The Morgan fingerprint density at radius 1 is 1.18 bits per heavy atom. The number of hydrogen-bond donors (Lipinski definition) is 1. The maximum atomic E-state index is 13.6. The lowest BCUT2D eigenvalue weighted by atomic mass is 9.94. The molecule has 0 unspecified atom stereocenters. The minimum atomic E-state index is -0.669. The topological polar surface area (TPSA) is 86.1 Å². The van der Waals surface area contributed by atoms with Gasteiger partial charge in [-0.3, -0.25) is 9.59 Å². The van der Waals surface area contributed by atoms with Crippen LogP contribution in [0.4, 0.5) is 5.69 Å². The van der Waals surface area contributed by atoms with Crippen molar-refractivity contribution in [2.45, 2.75) is 25.8 Å². The quantitative estimate of drug-likeness (QED) is 0.461. The number of fused-ring (bicyclic) bond motifs is 2. The van der Waals surface area contributed by atoms with E-state index in [1.165, 1.54) is 0 Å². The number of thiazole rings is 1. The predicted molar refractivity (Wildman–Crippen MR) is 133 cm³/mol. The lowest BCUT2D eigenvalue weighted by molar-refractivity contribution is -0.120. The maximum Gasteiger partial charge on any atom is 0.254 e. The molecule has 34 heavy (non-hydrogen) atoms. The van der Waals surface area contributed by atoms with Crippen molar-refractivity contribution in [3.8, 4) is 6.07 Å². The number of nitrogens with one attached hydrogen (secondary N) is 1. The van der Waals surface area contributed by atoms with Gasteiger partial charge in [0.1, 0.15) is 6.04 Å². The van der Waals surface area contributed by atoms with Gasteiger partial charge in [-0.25, -0.2) is 4.98 Å². The fourth-order valence-electron chi connectivity index (χ4n) is 4.40. The summed E-state index contributed by atoms with van der Waals surface area (Å²) in [5.41, 5.74) is 4.51. The highest BCUT2D eigenvalue weighted by Crippen LogP contribution is 2.27. The molecule has 7 heteroatoms. The zero-order chi connectivity index (χ0) is 23.7. The summed E-state index contributed by atoms with van der Waals surface area (Å²) in [7, 11) is 0. The minimum absolute atomic E-state index is 0.185. The molecule has 0 saturated heterocycles. The standard InChI is InChI=1S/C27H22N4O2S/c1-17-29-23-10-8-21(15-25(23)34-17)30-26(32)24(14-18-5-3-2-4-6-18)31-12-11-20-13-19(16-28)7-9-22(20)27(31)33/h2-10,13,15,24H,11-12,14H2,1H3,(H,30,32)/t24-/m0/s1. The van der Waals surface area contributed by atoms with Gasteiger partial charge < -0.3 is 10.2 Å². The van der Waals surface area contributed by atoms with Gasteiger partial charge in [0.15, 0.2) is 0 Å². The smallest absolute Gasteiger partial charge is 0.254 e. The molecular weight excluding hydrogens is 444 g/mol. The van der Waals surface area contributed by atoms with Gasteiger partial charge >= 0.3 is 0 Å². The number of nitrogens with zero attached hydrogens (tertiary/aromatic N) is 3. The van der Waals surface area contributed by atoms with E-state index in [4.69, 9.17) is 0 Å². The van der Waals surface area contributed by atoms with E-state index < -0.39 is 6.04 Å². The van der Waals surface area contributed by atoms with Gasteiger partial charge in [-0.1, -0.05) is 30.3 Å². The molecule has 5 rings (SSSR count). The first-order chi connectivity index (χ1) is 16.5. The highest BCUT2D eigenvalue weighted by molar-refractivity contribution is 7.18. The number of nitriles is 1. The monoisotopic (exact) mass is 466 g/mol. The van der Waals surface area contributed by atoms with Gasteiger partial charge in [0, 0.05) is 24.2 Å². The molecule has 0 aliphatic carbocycles. The van der Waals surface area contributed by atoms with Crippen molar-refractivity contribution in [1.29, 1.82) is 5.26 Å². The molecule has 4 aromatic rings. The van der Waals surface area contributed by atoms with Gasteiger partial charge in [-0.05, 0) is 60.9 Å². The van der Waals surface area contributed by atoms with Gasteiger partial charge in [-0.2, -0.15) is 5.26 Å². The van der Waals surface area contributed by atoms with Crippen LogP contribution in [0.2, 0.25) is 0 Å². The molecule has 1 atom stereocenters. The van der Waals surface area contributed by atoms with Crippen molar-refractivity contribution >= 4 is 39.1 Å². The molecular formula is C27H22N4O2S. The largest absolute Gasteiger partial charge is 0.326 e. The van der Waals surface area contributed by atoms with Crippen molar-refractivity contribution in [3.05, 3.63) is 94.0 Å². The molecule has 6 nitrogen and oxygen atoms in total. The summed E-state index contributed by atoms with van der Waals surface area (Å²) < 4.78 is 1.01. The van der Waals surface area contributed by atoms with Crippen molar-refractivity contribution in [1.82, 2.24) is 9.88 Å². The van der Waals surface area contributed by atoms with Crippen LogP contribution in [0.3, 0.4) is 0 Å². The zero-order valence-corrected chi connectivity index (χ0v) is 19.4. The average Bonchev–Trinajstić information content (AvgIpc) is 3.22. The molecule has 1 aromatic heterocycles. The first kappa shape index (κ1) is 21.8. The van der Waals surface area contributed by atoms with Crippen LogP contribution >= 0.6 is 11.3 Å². The lowest BCUT2D eigenvalue weighted by Crippen LogP contribution is -2.51. The summed E-state index contributed by atoms with van der Waals surface area (Å²) in [6, 6.07) is 22.0. The normalized spacial score (nSPS) is 13.9. The Balaban J connectivity index is 1.45. The number of anilines is 1. The molecule has 3 aromatic carbocycles. The third-order valence-electron chi connectivity index (χ3n) is 6.06. The summed E-state index contributed by atoms with van der Waals surface area (Å²) in [4.78, 5) is 33.1. The molecule has 1 N–H and O–H groups in total. The van der Waals surface area contributed by atoms with E-state index in [0.29, 0.717) is 36.2 Å². The predicted octanol–water partition coefficient (Wildman–Crippen LogP) is 4.72. The van der Waals surface area contributed by atoms with Crippen molar-refractivity contribution in [3.63, 3.8) is 0 Å². The number of aryl methyl sites for hydroxylation is 1. The second kappa shape index (κ2) is 9.08. The first-order valence-electron chi connectivity index (χ1n) is 11.1. The van der Waals surface area contributed by atoms with E-state index >= 15 is 0 Å². The first-order valence-corrected chi connectivity index (χ1v) is 11.9. The summed E-state index contributed by atoms with van der Waals surface area (Å²) in [6.07, 6.45) is 1.01. The SMILES string of the molecule is Cc1nc2ccc(NC(=O)[C@H](Cc3ccccc3)N3CCc4cc(C#N)ccc4C3=O)cc2s1. The van der Waals surface area contributed by atoms with E-state index in [2.05, 4.69) is 16.4 Å². The van der Waals surface area contributed by atoms with E-state index in [0.717, 1.165) is 26.4 Å². The highest BCUT2D eigenvalue weighted by atomic mass is 32.1. The third kappa shape index (κ3) is 4.28. The molecule has 0 bridgehead atoms. The van der Waals surface area contributed by atoms with Crippen molar-refractivity contribution in [2.24, 2.45) is 0 Å². The zero-order valence-electron chi connectivity index (χ0n) is 18.6. The van der Waals surface area contributed by atoms with Crippen LogP contribution in [-0.2, 0) is 17.6 Å². The fourth-order valence-corrected chi connectivity index (χ4v) is 5.26.